The SMILES string of the molecule is N=Cc1ncc(-c2cn[nH]c2)cc1N. The molecule has 0 unspecified atom stereocenters. The second-order valence-electron chi connectivity index (χ2n) is 2.83. The van der Waals surface area contributed by atoms with Crippen LogP contribution in [0.1, 0.15) is 5.69 Å². The van der Waals surface area contributed by atoms with E-state index < -0.39 is 0 Å². The molecule has 0 aliphatic carbocycles. The van der Waals surface area contributed by atoms with Gasteiger partial charge in [0, 0.05) is 29.7 Å². The van der Waals surface area contributed by atoms with Crippen molar-refractivity contribution < 1.29 is 0 Å². The Labute approximate surface area is 80.5 Å². The molecule has 0 aromatic carbocycles. The molecule has 0 saturated carbocycles. The average Bonchev–Trinajstić information content (AvgIpc) is 2.70. The van der Waals surface area contributed by atoms with Gasteiger partial charge in [0.15, 0.2) is 0 Å². The van der Waals surface area contributed by atoms with Gasteiger partial charge >= 0.3 is 0 Å². The summed E-state index contributed by atoms with van der Waals surface area (Å²) in [6.07, 6.45) is 6.26. The van der Waals surface area contributed by atoms with Gasteiger partial charge in [0.05, 0.1) is 11.9 Å². The third-order valence-electron chi connectivity index (χ3n) is 1.92. The molecule has 0 radical (unpaired) electrons. The molecule has 0 saturated heterocycles. The van der Waals surface area contributed by atoms with E-state index in [4.69, 9.17) is 11.1 Å². The first-order valence-corrected chi connectivity index (χ1v) is 4.06. The molecular formula is C9H9N5. The van der Waals surface area contributed by atoms with Crippen molar-refractivity contribution in [2.24, 2.45) is 0 Å². The third kappa shape index (κ3) is 1.35. The van der Waals surface area contributed by atoms with Crippen molar-refractivity contribution in [1.29, 1.82) is 5.41 Å². The Kier molecular flexibility index (Phi) is 1.98. The van der Waals surface area contributed by atoms with Crippen LogP contribution in [0.5, 0.6) is 0 Å². The van der Waals surface area contributed by atoms with E-state index in [9.17, 15) is 0 Å². The number of nitrogens with one attached hydrogen (secondary N) is 2. The van der Waals surface area contributed by atoms with Gasteiger partial charge in [0.1, 0.15) is 5.69 Å². The molecule has 0 bridgehead atoms. The number of hydrogen-bond acceptors (Lipinski definition) is 4. The molecule has 0 aliphatic heterocycles. The van der Waals surface area contributed by atoms with Crippen LogP contribution in [-0.4, -0.2) is 21.4 Å². The fourth-order valence-corrected chi connectivity index (χ4v) is 1.18. The minimum absolute atomic E-state index is 0.484. The quantitative estimate of drug-likeness (QED) is 0.613. The number of H-pyrrole nitrogens is 1. The van der Waals surface area contributed by atoms with Gasteiger partial charge in [-0.1, -0.05) is 0 Å². The molecule has 14 heavy (non-hydrogen) atoms. The summed E-state index contributed by atoms with van der Waals surface area (Å²) in [5.74, 6) is 0. The highest BCUT2D eigenvalue weighted by molar-refractivity contribution is 5.83. The lowest BCUT2D eigenvalue weighted by atomic mass is 10.1. The lowest BCUT2D eigenvalue weighted by Gasteiger charge is -2.01. The van der Waals surface area contributed by atoms with Crippen LogP contribution < -0.4 is 5.73 Å². The molecule has 0 atom stereocenters. The molecule has 2 rings (SSSR count). The molecule has 0 aliphatic rings. The minimum atomic E-state index is 0.484. The van der Waals surface area contributed by atoms with Crippen molar-refractivity contribution in [3.8, 4) is 11.1 Å². The Bertz CT molecular complexity index is 446. The van der Waals surface area contributed by atoms with E-state index in [1.54, 1.807) is 24.7 Å². The molecule has 2 heterocycles. The summed E-state index contributed by atoms with van der Waals surface area (Å²) in [6, 6.07) is 1.78. The summed E-state index contributed by atoms with van der Waals surface area (Å²) in [5, 5.41) is 13.6. The molecule has 2 aromatic heterocycles. The zero-order valence-corrected chi connectivity index (χ0v) is 7.36. The normalized spacial score (nSPS) is 10.0. The van der Waals surface area contributed by atoms with E-state index in [0.717, 1.165) is 17.3 Å². The zero-order valence-electron chi connectivity index (χ0n) is 7.36. The van der Waals surface area contributed by atoms with E-state index in [2.05, 4.69) is 15.2 Å². The second kappa shape index (κ2) is 3.29. The monoisotopic (exact) mass is 187 g/mol. The predicted molar refractivity (Wildman–Crippen MR) is 54.1 cm³/mol. The van der Waals surface area contributed by atoms with Crippen molar-refractivity contribution in [2.45, 2.75) is 0 Å². The van der Waals surface area contributed by atoms with Crippen molar-refractivity contribution in [3.63, 3.8) is 0 Å². The maximum Gasteiger partial charge on any atom is 0.103 e. The summed E-state index contributed by atoms with van der Waals surface area (Å²) in [4.78, 5) is 4.04. The lowest BCUT2D eigenvalue weighted by molar-refractivity contribution is 1.09. The van der Waals surface area contributed by atoms with E-state index in [0.29, 0.717) is 11.4 Å². The molecule has 0 fully saturated rings. The number of rotatable bonds is 2. The van der Waals surface area contributed by atoms with Crippen LogP contribution in [-0.2, 0) is 0 Å². The Morgan fingerprint density at radius 1 is 1.36 bits per heavy atom. The Morgan fingerprint density at radius 2 is 2.21 bits per heavy atom. The summed E-state index contributed by atoms with van der Waals surface area (Å²) in [7, 11) is 0. The maximum absolute atomic E-state index is 7.04. The van der Waals surface area contributed by atoms with E-state index in [1.165, 1.54) is 0 Å². The Hall–Kier alpha value is -2.17. The van der Waals surface area contributed by atoms with Crippen LogP contribution in [0.4, 0.5) is 5.69 Å². The lowest BCUT2D eigenvalue weighted by Crippen LogP contribution is -1.96. The highest BCUT2D eigenvalue weighted by atomic mass is 15.1. The largest absolute Gasteiger partial charge is 0.397 e. The number of aromatic nitrogens is 3. The van der Waals surface area contributed by atoms with Crippen LogP contribution in [0.15, 0.2) is 24.7 Å². The van der Waals surface area contributed by atoms with E-state index in [1.807, 2.05) is 0 Å². The van der Waals surface area contributed by atoms with Crippen LogP contribution in [0.2, 0.25) is 0 Å². The van der Waals surface area contributed by atoms with Gasteiger partial charge in [-0.15, -0.1) is 0 Å². The van der Waals surface area contributed by atoms with E-state index >= 15 is 0 Å². The fourth-order valence-electron chi connectivity index (χ4n) is 1.18. The van der Waals surface area contributed by atoms with Gasteiger partial charge in [-0.3, -0.25) is 10.1 Å². The molecule has 0 amide bonds. The summed E-state index contributed by atoms with van der Waals surface area (Å²) >= 11 is 0. The summed E-state index contributed by atoms with van der Waals surface area (Å²) in [6.45, 7) is 0. The molecule has 2 aromatic rings. The molecule has 5 nitrogen and oxygen atoms in total. The third-order valence-corrected chi connectivity index (χ3v) is 1.92. The number of hydrogen-bond donors (Lipinski definition) is 3. The van der Waals surface area contributed by atoms with E-state index in [-0.39, 0.29) is 0 Å². The molecule has 5 heteroatoms. The Morgan fingerprint density at radius 3 is 2.79 bits per heavy atom. The van der Waals surface area contributed by atoms with Crippen LogP contribution in [0.3, 0.4) is 0 Å². The average molecular weight is 187 g/mol. The van der Waals surface area contributed by atoms with Gasteiger partial charge in [-0.05, 0) is 6.07 Å². The van der Waals surface area contributed by atoms with Gasteiger partial charge in [-0.25, -0.2) is 0 Å². The minimum Gasteiger partial charge on any atom is -0.397 e. The van der Waals surface area contributed by atoms with Gasteiger partial charge in [0.25, 0.3) is 0 Å². The first kappa shape index (κ1) is 8.43. The van der Waals surface area contributed by atoms with Gasteiger partial charge in [0.2, 0.25) is 0 Å². The topological polar surface area (TPSA) is 91.4 Å². The fraction of sp³-hybridized carbons (Fsp3) is 0. The summed E-state index contributed by atoms with van der Waals surface area (Å²) < 4.78 is 0. The van der Waals surface area contributed by atoms with Crippen molar-refractivity contribution in [3.05, 3.63) is 30.4 Å². The maximum atomic E-state index is 7.04. The number of nitrogens with zero attached hydrogens (tertiary/aromatic N) is 2. The zero-order chi connectivity index (χ0) is 9.97. The predicted octanol–water partition coefficient (Wildman–Crippen LogP) is 1.05. The van der Waals surface area contributed by atoms with Crippen LogP contribution in [0, 0.1) is 5.41 Å². The molecule has 70 valence electrons. The number of aromatic amines is 1. The van der Waals surface area contributed by atoms with Crippen LogP contribution >= 0.6 is 0 Å². The number of pyridine rings is 1. The van der Waals surface area contributed by atoms with Gasteiger partial charge in [-0.2, -0.15) is 5.10 Å². The highest BCUT2D eigenvalue weighted by Gasteiger charge is 2.02. The van der Waals surface area contributed by atoms with Crippen molar-refractivity contribution >= 4 is 11.9 Å². The van der Waals surface area contributed by atoms with Gasteiger partial charge < -0.3 is 11.1 Å². The first-order valence-electron chi connectivity index (χ1n) is 4.06. The second-order valence-corrected chi connectivity index (χ2v) is 2.83. The number of anilines is 1. The van der Waals surface area contributed by atoms with Crippen molar-refractivity contribution in [1.82, 2.24) is 15.2 Å². The Balaban J connectivity index is 2.48. The number of nitrogen functional groups attached to an aromatic ring is 1. The standard InChI is InChI=1S/C9H9N5/c10-2-9-8(11)1-6(3-12-9)7-4-13-14-5-7/h1-5,10H,11H2,(H,13,14). The smallest absolute Gasteiger partial charge is 0.103 e. The summed E-state index contributed by atoms with van der Waals surface area (Å²) in [5.41, 5.74) is 8.50. The highest BCUT2D eigenvalue weighted by Crippen LogP contribution is 2.19. The molecular weight excluding hydrogens is 178 g/mol. The van der Waals surface area contributed by atoms with Crippen molar-refractivity contribution in [2.75, 3.05) is 5.73 Å². The number of nitrogens with two attached hydrogens (primary N) is 1. The van der Waals surface area contributed by atoms with Crippen LogP contribution in [0.25, 0.3) is 11.1 Å². The molecule has 4 N–H and O–H groups in total. The first-order chi connectivity index (χ1) is 6.81. The molecule has 0 spiro atoms.